The zero-order chi connectivity index (χ0) is 19.3. The van der Waals surface area contributed by atoms with Crippen LogP contribution in [-0.4, -0.2) is 45.4 Å². The highest BCUT2D eigenvalue weighted by Crippen LogP contribution is 2.24. The van der Waals surface area contributed by atoms with E-state index in [1.54, 1.807) is 6.20 Å². The normalized spacial score (nSPS) is 17.7. The van der Waals surface area contributed by atoms with Gasteiger partial charge < -0.3 is 21.1 Å². The van der Waals surface area contributed by atoms with Gasteiger partial charge in [-0.2, -0.15) is 10.1 Å². The van der Waals surface area contributed by atoms with Gasteiger partial charge in [-0.1, -0.05) is 12.2 Å². The van der Waals surface area contributed by atoms with Crippen LogP contribution in [-0.2, 0) is 4.74 Å². The summed E-state index contributed by atoms with van der Waals surface area (Å²) in [6.45, 7) is 2.25. The van der Waals surface area contributed by atoms with Gasteiger partial charge in [0.05, 0.1) is 23.5 Å². The second-order valence-corrected chi connectivity index (χ2v) is 7.19. The Morgan fingerprint density at radius 2 is 2.04 bits per heavy atom. The predicted molar refractivity (Wildman–Crippen MR) is 106 cm³/mol. The first-order chi connectivity index (χ1) is 13.7. The van der Waals surface area contributed by atoms with Gasteiger partial charge in [-0.3, -0.25) is 9.48 Å². The molecule has 0 bridgehead atoms. The third-order valence-electron chi connectivity index (χ3n) is 5.14. The Morgan fingerprint density at radius 3 is 2.79 bits per heavy atom. The Labute approximate surface area is 163 Å². The smallest absolute Gasteiger partial charge is 0.254 e. The molecule has 3 heterocycles. The number of primary amides is 1. The highest BCUT2D eigenvalue weighted by atomic mass is 16.5. The Balaban J connectivity index is 1.45. The van der Waals surface area contributed by atoms with Gasteiger partial charge in [0.2, 0.25) is 5.95 Å². The number of allylic oxidation sites excluding steroid dienone is 2. The lowest BCUT2D eigenvalue weighted by Gasteiger charge is -2.22. The van der Waals surface area contributed by atoms with Gasteiger partial charge in [0.25, 0.3) is 5.91 Å². The third-order valence-corrected chi connectivity index (χ3v) is 5.14. The van der Waals surface area contributed by atoms with Crippen molar-refractivity contribution in [3.8, 4) is 0 Å². The quantitative estimate of drug-likeness (QED) is 0.627. The van der Waals surface area contributed by atoms with Crippen LogP contribution in [0.15, 0.2) is 30.7 Å². The average molecular weight is 383 g/mol. The molecule has 2 aromatic rings. The Morgan fingerprint density at radius 1 is 1.25 bits per heavy atom. The molecular weight excluding hydrogens is 358 g/mol. The summed E-state index contributed by atoms with van der Waals surface area (Å²) in [4.78, 5) is 20.4. The minimum absolute atomic E-state index is 0.286. The average Bonchev–Trinajstić information content (AvgIpc) is 3.39. The van der Waals surface area contributed by atoms with E-state index in [0.29, 0.717) is 23.7 Å². The Kier molecular flexibility index (Phi) is 5.52. The summed E-state index contributed by atoms with van der Waals surface area (Å²) in [5, 5.41) is 10.8. The van der Waals surface area contributed by atoms with Crippen LogP contribution in [0, 0.1) is 5.92 Å². The molecule has 4 N–H and O–H groups in total. The van der Waals surface area contributed by atoms with Crippen molar-refractivity contribution >= 4 is 23.4 Å². The van der Waals surface area contributed by atoms with E-state index in [0.717, 1.165) is 51.1 Å². The summed E-state index contributed by atoms with van der Waals surface area (Å²) in [5.41, 5.74) is 6.55. The molecule has 0 saturated carbocycles. The van der Waals surface area contributed by atoms with Crippen molar-refractivity contribution in [1.29, 1.82) is 0 Å². The number of rotatable bonds is 7. The number of hydrogen-bond donors (Lipinski definition) is 3. The second-order valence-electron chi connectivity index (χ2n) is 7.19. The van der Waals surface area contributed by atoms with Gasteiger partial charge in [0.15, 0.2) is 0 Å². The number of nitrogens with two attached hydrogens (primary N) is 1. The van der Waals surface area contributed by atoms with E-state index in [4.69, 9.17) is 10.5 Å². The Hall–Kier alpha value is -2.94. The molecule has 1 amide bonds. The molecule has 0 unspecified atom stereocenters. The first kappa shape index (κ1) is 18.4. The largest absolute Gasteiger partial charge is 0.381 e. The van der Waals surface area contributed by atoms with Crippen LogP contribution in [0.5, 0.6) is 0 Å². The van der Waals surface area contributed by atoms with Crippen molar-refractivity contribution < 1.29 is 9.53 Å². The number of carbonyl (C=O) groups is 1. The fourth-order valence-electron chi connectivity index (χ4n) is 3.52. The van der Waals surface area contributed by atoms with Crippen LogP contribution < -0.4 is 16.4 Å². The summed E-state index contributed by atoms with van der Waals surface area (Å²) in [5.74, 6) is 0.799. The number of hydrogen-bond acceptors (Lipinski definition) is 7. The van der Waals surface area contributed by atoms with Gasteiger partial charge in [0, 0.05) is 32.2 Å². The molecule has 1 fully saturated rings. The molecule has 148 valence electrons. The maximum absolute atomic E-state index is 11.7. The summed E-state index contributed by atoms with van der Waals surface area (Å²) < 4.78 is 7.36. The van der Waals surface area contributed by atoms with Crippen molar-refractivity contribution in [2.45, 2.75) is 31.7 Å². The van der Waals surface area contributed by atoms with Gasteiger partial charge in [0.1, 0.15) is 5.82 Å². The zero-order valence-electron chi connectivity index (χ0n) is 15.7. The standard InChI is InChI=1S/C19H25N7O2/c20-17(27)16-11-22-19(25-18(16)21-9-13-3-1-2-4-13)24-14-10-23-26(12-14)15-5-7-28-8-6-15/h1-2,10-13,15H,3-9H2,(H2,20,27)(H2,21,22,24,25). The molecule has 1 saturated heterocycles. The number of amides is 1. The number of nitrogens with zero attached hydrogens (tertiary/aromatic N) is 4. The van der Waals surface area contributed by atoms with Crippen LogP contribution in [0.2, 0.25) is 0 Å². The summed E-state index contributed by atoms with van der Waals surface area (Å²) >= 11 is 0. The van der Waals surface area contributed by atoms with Crippen LogP contribution in [0.25, 0.3) is 0 Å². The summed E-state index contributed by atoms with van der Waals surface area (Å²) in [6, 6.07) is 0.347. The SMILES string of the molecule is NC(=O)c1cnc(Nc2cnn(C3CCOCC3)c2)nc1NCC1CC=CC1. The molecule has 0 spiro atoms. The van der Waals surface area contributed by atoms with Gasteiger partial charge in [-0.15, -0.1) is 0 Å². The third kappa shape index (κ3) is 4.30. The van der Waals surface area contributed by atoms with Crippen molar-refractivity contribution in [2.24, 2.45) is 11.7 Å². The van der Waals surface area contributed by atoms with Crippen LogP contribution in [0.3, 0.4) is 0 Å². The molecule has 0 atom stereocenters. The number of carbonyl (C=O) groups excluding carboxylic acids is 1. The summed E-state index contributed by atoms with van der Waals surface area (Å²) in [6.07, 6.45) is 13.5. The lowest BCUT2D eigenvalue weighted by atomic mass is 10.1. The highest BCUT2D eigenvalue weighted by Gasteiger charge is 2.18. The molecule has 0 radical (unpaired) electrons. The Bertz CT molecular complexity index is 850. The monoisotopic (exact) mass is 383 g/mol. The van der Waals surface area contributed by atoms with Gasteiger partial charge >= 0.3 is 0 Å². The summed E-state index contributed by atoms with van der Waals surface area (Å²) in [7, 11) is 0. The molecular formula is C19H25N7O2. The van der Waals surface area contributed by atoms with Crippen molar-refractivity contribution in [3.63, 3.8) is 0 Å². The van der Waals surface area contributed by atoms with E-state index in [1.807, 2.05) is 10.9 Å². The van der Waals surface area contributed by atoms with E-state index >= 15 is 0 Å². The molecule has 9 nitrogen and oxygen atoms in total. The highest BCUT2D eigenvalue weighted by molar-refractivity contribution is 5.97. The number of ether oxygens (including phenoxy) is 1. The van der Waals surface area contributed by atoms with Gasteiger partial charge in [-0.25, -0.2) is 4.98 Å². The molecule has 1 aliphatic heterocycles. The van der Waals surface area contributed by atoms with Crippen molar-refractivity contribution in [1.82, 2.24) is 19.7 Å². The maximum atomic E-state index is 11.7. The van der Waals surface area contributed by atoms with E-state index in [-0.39, 0.29) is 5.56 Å². The van der Waals surface area contributed by atoms with Crippen molar-refractivity contribution in [2.75, 3.05) is 30.4 Å². The van der Waals surface area contributed by atoms with E-state index < -0.39 is 5.91 Å². The molecule has 28 heavy (non-hydrogen) atoms. The maximum Gasteiger partial charge on any atom is 0.254 e. The van der Waals surface area contributed by atoms with Crippen LogP contribution >= 0.6 is 0 Å². The predicted octanol–water partition coefficient (Wildman–Crippen LogP) is 2.25. The minimum atomic E-state index is -0.550. The molecule has 2 aromatic heterocycles. The first-order valence-corrected chi connectivity index (χ1v) is 9.63. The molecule has 4 rings (SSSR count). The van der Waals surface area contributed by atoms with Crippen LogP contribution in [0.4, 0.5) is 17.5 Å². The first-order valence-electron chi connectivity index (χ1n) is 9.63. The fourth-order valence-corrected chi connectivity index (χ4v) is 3.52. The second kappa shape index (κ2) is 8.39. The fraction of sp³-hybridized carbons (Fsp3) is 0.474. The zero-order valence-corrected chi connectivity index (χ0v) is 15.7. The van der Waals surface area contributed by atoms with E-state index in [2.05, 4.69) is 37.9 Å². The number of anilines is 3. The van der Waals surface area contributed by atoms with Crippen molar-refractivity contribution in [3.05, 3.63) is 36.3 Å². The molecule has 0 aromatic carbocycles. The minimum Gasteiger partial charge on any atom is -0.381 e. The number of aromatic nitrogens is 4. The molecule has 9 heteroatoms. The molecule has 2 aliphatic rings. The number of nitrogens with one attached hydrogen (secondary N) is 2. The van der Waals surface area contributed by atoms with E-state index in [9.17, 15) is 4.79 Å². The topological polar surface area (TPSA) is 120 Å². The van der Waals surface area contributed by atoms with Crippen LogP contribution in [0.1, 0.15) is 42.1 Å². The molecule has 1 aliphatic carbocycles. The lowest BCUT2D eigenvalue weighted by Crippen LogP contribution is -2.20. The van der Waals surface area contributed by atoms with Gasteiger partial charge in [-0.05, 0) is 31.6 Å². The van der Waals surface area contributed by atoms with E-state index in [1.165, 1.54) is 6.20 Å². The lowest BCUT2D eigenvalue weighted by molar-refractivity contribution is 0.0662.